The Hall–Kier alpha value is -1.15. The zero-order chi connectivity index (χ0) is 13.4. The molecule has 0 heterocycles. The van der Waals surface area contributed by atoms with Crippen LogP contribution in [0.3, 0.4) is 0 Å². The van der Waals surface area contributed by atoms with Crippen molar-refractivity contribution in [2.75, 3.05) is 23.9 Å². The first kappa shape index (κ1) is 14.9. The number of hydrogen-bond donors (Lipinski definition) is 2. The Kier molecular flexibility index (Phi) is 6.66. The second-order valence-corrected chi connectivity index (χ2v) is 4.88. The molecule has 0 bridgehead atoms. The Morgan fingerprint density at radius 1 is 1.56 bits per heavy atom. The van der Waals surface area contributed by atoms with Gasteiger partial charge in [0.25, 0.3) is 0 Å². The van der Waals surface area contributed by atoms with Crippen LogP contribution in [0.1, 0.15) is 12.0 Å². The van der Waals surface area contributed by atoms with Crippen molar-refractivity contribution in [3.05, 3.63) is 28.8 Å². The number of benzene rings is 1. The summed E-state index contributed by atoms with van der Waals surface area (Å²) in [7, 11) is 0. The third kappa shape index (κ3) is 5.01. The molecule has 0 fully saturated rings. The average molecular weight is 283 g/mol. The summed E-state index contributed by atoms with van der Waals surface area (Å²) in [5.74, 6) is 6.40. The quantitative estimate of drug-likeness (QED) is 0.834. The highest BCUT2D eigenvalue weighted by atomic mass is 35.5. The van der Waals surface area contributed by atoms with Crippen LogP contribution < -0.4 is 11.1 Å². The van der Waals surface area contributed by atoms with Crippen LogP contribution in [0.5, 0.6) is 0 Å². The SMILES string of the molecule is CSCCC(=O)Nc1ccc(Cl)c(C#CCN)c1. The molecule has 96 valence electrons. The molecule has 0 radical (unpaired) electrons. The van der Waals surface area contributed by atoms with Crippen LogP contribution in [-0.2, 0) is 4.79 Å². The molecule has 0 unspecified atom stereocenters. The first-order valence-corrected chi connectivity index (χ1v) is 7.22. The molecule has 1 aromatic rings. The minimum absolute atomic E-state index is 0.00981. The van der Waals surface area contributed by atoms with E-state index in [-0.39, 0.29) is 12.5 Å². The van der Waals surface area contributed by atoms with Gasteiger partial charge in [0.15, 0.2) is 0 Å². The minimum Gasteiger partial charge on any atom is -0.326 e. The summed E-state index contributed by atoms with van der Waals surface area (Å²) in [6, 6.07) is 5.22. The van der Waals surface area contributed by atoms with E-state index in [2.05, 4.69) is 17.2 Å². The number of hydrogen-bond acceptors (Lipinski definition) is 3. The van der Waals surface area contributed by atoms with Gasteiger partial charge < -0.3 is 11.1 Å². The van der Waals surface area contributed by atoms with E-state index in [9.17, 15) is 4.79 Å². The Balaban J connectivity index is 2.75. The number of amides is 1. The van der Waals surface area contributed by atoms with Gasteiger partial charge in [-0.3, -0.25) is 4.79 Å². The zero-order valence-corrected chi connectivity index (χ0v) is 11.7. The molecular weight excluding hydrogens is 268 g/mol. The maximum Gasteiger partial charge on any atom is 0.225 e. The summed E-state index contributed by atoms with van der Waals surface area (Å²) in [5, 5.41) is 3.36. The lowest BCUT2D eigenvalue weighted by atomic mass is 10.2. The van der Waals surface area contributed by atoms with Crippen LogP contribution >= 0.6 is 23.4 Å². The number of anilines is 1. The van der Waals surface area contributed by atoms with Gasteiger partial charge in [-0.25, -0.2) is 0 Å². The molecule has 0 saturated carbocycles. The summed E-state index contributed by atoms with van der Waals surface area (Å²) in [5.41, 5.74) is 6.68. The van der Waals surface area contributed by atoms with Crippen LogP contribution in [0.15, 0.2) is 18.2 Å². The van der Waals surface area contributed by atoms with Gasteiger partial charge in [0.2, 0.25) is 5.91 Å². The number of halogens is 1. The molecule has 3 N–H and O–H groups in total. The van der Waals surface area contributed by atoms with Gasteiger partial charge in [-0.05, 0) is 24.5 Å². The number of nitrogens with one attached hydrogen (secondary N) is 1. The zero-order valence-electron chi connectivity index (χ0n) is 10.1. The van der Waals surface area contributed by atoms with Gasteiger partial charge in [-0.1, -0.05) is 23.4 Å². The smallest absolute Gasteiger partial charge is 0.225 e. The largest absolute Gasteiger partial charge is 0.326 e. The Bertz CT molecular complexity index is 480. The number of carbonyl (C=O) groups is 1. The monoisotopic (exact) mass is 282 g/mol. The summed E-state index contributed by atoms with van der Waals surface area (Å²) in [6.07, 6.45) is 2.46. The summed E-state index contributed by atoms with van der Waals surface area (Å²) >= 11 is 7.63. The third-order valence-electron chi connectivity index (χ3n) is 2.11. The van der Waals surface area contributed by atoms with E-state index in [1.54, 1.807) is 30.0 Å². The van der Waals surface area contributed by atoms with Crippen molar-refractivity contribution in [3.8, 4) is 11.8 Å². The fourth-order valence-electron chi connectivity index (χ4n) is 1.26. The van der Waals surface area contributed by atoms with Crippen molar-refractivity contribution in [2.24, 2.45) is 5.73 Å². The molecule has 1 rings (SSSR count). The molecule has 3 nitrogen and oxygen atoms in total. The minimum atomic E-state index is -0.00981. The van der Waals surface area contributed by atoms with E-state index in [4.69, 9.17) is 17.3 Å². The van der Waals surface area contributed by atoms with Crippen LogP contribution in [0, 0.1) is 11.8 Å². The molecule has 0 spiro atoms. The van der Waals surface area contributed by atoms with E-state index in [0.29, 0.717) is 22.7 Å². The second-order valence-electron chi connectivity index (χ2n) is 3.49. The molecule has 0 aromatic heterocycles. The first-order chi connectivity index (χ1) is 8.67. The highest BCUT2D eigenvalue weighted by Crippen LogP contribution is 2.19. The highest BCUT2D eigenvalue weighted by molar-refractivity contribution is 7.98. The Morgan fingerprint density at radius 3 is 3.00 bits per heavy atom. The normalized spacial score (nSPS) is 9.50. The van der Waals surface area contributed by atoms with Gasteiger partial charge >= 0.3 is 0 Å². The molecule has 0 aliphatic rings. The molecule has 1 amide bonds. The van der Waals surface area contributed by atoms with Gasteiger partial charge in [-0.15, -0.1) is 0 Å². The maximum absolute atomic E-state index is 11.6. The van der Waals surface area contributed by atoms with Crippen molar-refractivity contribution in [1.29, 1.82) is 0 Å². The van der Waals surface area contributed by atoms with E-state index < -0.39 is 0 Å². The third-order valence-corrected chi connectivity index (χ3v) is 3.05. The molecule has 0 aliphatic carbocycles. The molecule has 1 aromatic carbocycles. The number of carbonyl (C=O) groups excluding carboxylic acids is 1. The van der Waals surface area contributed by atoms with E-state index in [1.807, 2.05) is 6.26 Å². The van der Waals surface area contributed by atoms with Gasteiger partial charge in [0.1, 0.15) is 0 Å². The van der Waals surface area contributed by atoms with Crippen LogP contribution in [0.4, 0.5) is 5.69 Å². The Labute approximate surface area is 116 Å². The fourth-order valence-corrected chi connectivity index (χ4v) is 1.82. The molecule has 5 heteroatoms. The standard InChI is InChI=1S/C13H15ClN2OS/c1-18-8-6-13(17)16-11-4-5-12(14)10(9-11)3-2-7-15/h4-5,9H,6-8,15H2,1H3,(H,16,17). The predicted molar refractivity (Wildman–Crippen MR) is 79.0 cm³/mol. The van der Waals surface area contributed by atoms with Gasteiger partial charge in [-0.2, -0.15) is 11.8 Å². The molecule has 0 atom stereocenters. The van der Waals surface area contributed by atoms with Gasteiger partial charge in [0, 0.05) is 23.4 Å². The van der Waals surface area contributed by atoms with Crippen molar-refractivity contribution < 1.29 is 4.79 Å². The van der Waals surface area contributed by atoms with E-state index in [1.165, 1.54) is 0 Å². The molecule has 0 aliphatic heterocycles. The number of rotatable bonds is 4. The first-order valence-electron chi connectivity index (χ1n) is 5.44. The Morgan fingerprint density at radius 2 is 2.33 bits per heavy atom. The maximum atomic E-state index is 11.6. The fraction of sp³-hybridized carbons (Fsp3) is 0.308. The van der Waals surface area contributed by atoms with Crippen molar-refractivity contribution in [2.45, 2.75) is 6.42 Å². The highest BCUT2D eigenvalue weighted by Gasteiger charge is 2.04. The molecule has 18 heavy (non-hydrogen) atoms. The predicted octanol–water partition coefficient (Wildman–Crippen LogP) is 2.34. The summed E-state index contributed by atoms with van der Waals surface area (Å²) in [4.78, 5) is 11.6. The van der Waals surface area contributed by atoms with Crippen molar-refractivity contribution in [3.63, 3.8) is 0 Å². The van der Waals surface area contributed by atoms with Crippen molar-refractivity contribution in [1.82, 2.24) is 0 Å². The lowest BCUT2D eigenvalue weighted by Crippen LogP contribution is -2.12. The molecular formula is C13H15ClN2OS. The van der Waals surface area contributed by atoms with Crippen LogP contribution in [0.2, 0.25) is 5.02 Å². The summed E-state index contributed by atoms with van der Waals surface area (Å²) in [6.45, 7) is 0.278. The van der Waals surface area contributed by atoms with Crippen LogP contribution in [0.25, 0.3) is 0 Å². The average Bonchev–Trinajstić information content (AvgIpc) is 2.37. The molecule has 0 saturated heterocycles. The van der Waals surface area contributed by atoms with Crippen molar-refractivity contribution >= 4 is 35.0 Å². The lowest BCUT2D eigenvalue weighted by molar-refractivity contribution is -0.115. The van der Waals surface area contributed by atoms with E-state index in [0.717, 1.165) is 5.75 Å². The number of thioether (sulfide) groups is 1. The van der Waals surface area contributed by atoms with Crippen LogP contribution in [-0.4, -0.2) is 24.5 Å². The van der Waals surface area contributed by atoms with Gasteiger partial charge in [0.05, 0.1) is 11.6 Å². The lowest BCUT2D eigenvalue weighted by Gasteiger charge is -2.06. The number of nitrogens with two attached hydrogens (primary N) is 1. The topological polar surface area (TPSA) is 55.1 Å². The van der Waals surface area contributed by atoms with E-state index >= 15 is 0 Å². The summed E-state index contributed by atoms with van der Waals surface area (Å²) < 4.78 is 0. The second kappa shape index (κ2) is 8.04.